The maximum atomic E-state index is 11.4. The van der Waals surface area contributed by atoms with Crippen molar-refractivity contribution in [2.24, 2.45) is 11.7 Å². The monoisotopic (exact) mass is 230 g/mol. The number of rotatable bonds is 5. The molecule has 0 spiro atoms. The number of hydrogen-bond acceptors (Lipinski definition) is 3. The van der Waals surface area contributed by atoms with Gasteiger partial charge in [-0.1, -0.05) is 13.8 Å². The number of likely N-dealkylation sites (N-methyl/N-ethyl adjacent to an activating group) is 1. The van der Waals surface area contributed by atoms with Gasteiger partial charge in [-0.3, -0.25) is 9.59 Å². The normalized spacial score (nSPS) is 11.8. The van der Waals surface area contributed by atoms with Crippen LogP contribution < -0.4 is 21.7 Å². The zero-order chi connectivity index (χ0) is 12.7. The first-order valence-electron chi connectivity index (χ1n) is 4.92. The van der Waals surface area contributed by atoms with Gasteiger partial charge < -0.3 is 21.7 Å². The van der Waals surface area contributed by atoms with Crippen molar-refractivity contribution in [2.75, 3.05) is 13.6 Å². The Labute approximate surface area is 94.1 Å². The Morgan fingerprint density at radius 2 is 1.81 bits per heavy atom. The molecule has 0 saturated heterocycles. The highest BCUT2D eigenvalue weighted by atomic mass is 16.2. The molecule has 0 radical (unpaired) electrons. The predicted molar refractivity (Wildman–Crippen MR) is 58.4 cm³/mol. The van der Waals surface area contributed by atoms with Crippen molar-refractivity contribution in [2.45, 2.75) is 19.9 Å². The second-order valence-electron chi connectivity index (χ2n) is 3.63. The smallest absolute Gasteiger partial charge is 0.315 e. The second-order valence-corrected chi connectivity index (χ2v) is 3.63. The fourth-order valence-corrected chi connectivity index (χ4v) is 1.05. The first-order chi connectivity index (χ1) is 7.38. The molecule has 0 heterocycles. The molecule has 0 rings (SSSR count). The number of primary amides is 1. The van der Waals surface area contributed by atoms with Crippen molar-refractivity contribution in [3.63, 3.8) is 0 Å². The van der Waals surface area contributed by atoms with Gasteiger partial charge >= 0.3 is 6.03 Å². The average molecular weight is 230 g/mol. The SMILES string of the molecule is CNC(=O)[C@@H](NC(=O)NCC(N)=O)C(C)C. The van der Waals surface area contributed by atoms with E-state index in [4.69, 9.17) is 5.73 Å². The molecule has 4 amide bonds. The number of carbonyl (C=O) groups excluding carboxylic acids is 3. The largest absolute Gasteiger partial charge is 0.368 e. The van der Waals surface area contributed by atoms with Crippen LogP contribution in [0.25, 0.3) is 0 Å². The highest BCUT2D eigenvalue weighted by molar-refractivity contribution is 5.88. The lowest BCUT2D eigenvalue weighted by molar-refractivity contribution is -0.123. The molecule has 5 N–H and O–H groups in total. The fourth-order valence-electron chi connectivity index (χ4n) is 1.05. The van der Waals surface area contributed by atoms with Gasteiger partial charge in [-0.2, -0.15) is 0 Å². The molecule has 0 aromatic heterocycles. The summed E-state index contributed by atoms with van der Waals surface area (Å²) in [5.74, 6) is -0.986. The minimum absolute atomic E-state index is 0.0562. The molecule has 0 unspecified atom stereocenters. The summed E-state index contributed by atoms with van der Waals surface area (Å²) in [7, 11) is 1.49. The van der Waals surface area contributed by atoms with E-state index in [0.717, 1.165) is 0 Å². The van der Waals surface area contributed by atoms with Crippen LogP contribution in [0.4, 0.5) is 4.79 Å². The number of amides is 4. The molecule has 0 aromatic rings. The summed E-state index contributed by atoms with van der Waals surface area (Å²) >= 11 is 0. The van der Waals surface area contributed by atoms with Crippen LogP contribution in [0, 0.1) is 5.92 Å². The van der Waals surface area contributed by atoms with E-state index in [1.165, 1.54) is 7.05 Å². The fraction of sp³-hybridized carbons (Fsp3) is 0.667. The molecule has 0 aliphatic rings. The molecule has 1 atom stereocenters. The molecule has 92 valence electrons. The molecule has 0 aromatic carbocycles. The van der Waals surface area contributed by atoms with Gasteiger partial charge in [0.1, 0.15) is 6.04 Å². The van der Waals surface area contributed by atoms with Crippen LogP contribution in [-0.2, 0) is 9.59 Å². The Morgan fingerprint density at radius 1 is 1.25 bits per heavy atom. The zero-order valence-corrected chi connectivity index (χ0v) is 9.66. The van der Waals surface area contributed by atoms with E-state index >= 15 is 0 Å². The van der Waals surface area contributed by atoms with E-state index < -0.39 is 18.0 Å². The van der Waals surface area contributed by atoms with Gasteiger partial charge in [0, 0.05) is 7.05 Å². The van der Waals surface area contributed by atoms with Crippen LogP contribution in [0.3, 0.4) is 0 Å². The first-order valence-corrected chi connectivity index (χ1v) is 4.92. The minimum Gasteiger partial charge on any atom is -0.368 e. The third kappa shape index (κ3) is 5.18. The predicted octanol–water partition coefficient (Wildman–Crippen LogP) is -1.46. The Morgan fingerprint density at radius 3 is 2.19 bits per heavy atom. The minimum atomic E-state index is -0.642. The van der Waals surface area contributed by atoms with Gasteiger partial charge in [0.25, 0.3) is 0 Å². The molecular weight excluding hydrogens is 212 g/mol. The number of carbonyl (C=O) groups is 3. The third-order valence-electron chi connectivity index (χ3n) is 1.91. The standard InChI is InChI=1S/C9H18N4O3/c1-5(2)7(8(15)11-3)13-9(16)12-4-6(10)14/h5,7H,4H2,1-3H3,(H2,10,14)(H,11,15)(H2,12,13,16)/t7-/m0/s1. The highest BCUT2D eigenvalue weighted by Gasteiger charge is 2.22. The van der Waals surface area contributed by atoms with E-state index in [2.05, 4.69) is 16.0 Å². The number of urea groups is 1. The third-order valence-corrected chi connectivity index (χ3v) is 1.91. The van der Waals surface area contributed by atoms with Crippen LogP contribution in [0.1, 0.15) is 13.8 Å². The molecule has 0 aliphatic heterocycles. The molecule has 0 aliphatic carbocycles. The Kier molecular flexibility index (Phi) is 5.91. The van der Waals surface area contributed by atoms with E-state index in [0.29, 0.717) is 0 Å². The van der Waals surface area contributed by atoms with Crippen LogP contribution in [0.5, 0.6) is 0 Å². The maximum absolute atomic E-state index is 11.4. The summed E-state index contributed by atoms with van der Waals surface area (Å²) in [6.45, 7) is 3.34. The summed E-state index contributed by atoms with van der Waals surface area (Å²) in [5, 5.41) is 7.14. The lowest BCUT2D eigenvalue weighted by Gasteiger charge is -2.20. The molecule has 16 heavy (non-hydrogen) atoms. The van der Waals surface area contributed by atoms with Crippen LogP contribution >= 0.6 is 0 Å². The van der Waals surface area contributed by atoms with E-state index in [1.54, 1.807) is 13.8 Å². The van der Waals surface area contributed by atoms with Gasteiger partial charge in [0.05, 0.1) is 6.54 Å². The number of nitrogens with one attached hydrogen (secondary N) is 3. The molecule has 0 bridgehead atoms. The van der Waals surface area contributed by atoms with Crippen LogP contribution in [0.2, 0.25) is 0 Å². The van der Waals surface area contributed by atoms with E-state index in [-0.39, 0.29) is 18.4 Å². The number of nitrogens with two attached hydrogens (primary N) is 1. The van der Waals surface area contributed by atoms with Gasteiger partial charge in [-0.05, 0) is 5.92 Å². The van der Waals surface area contributed by atoms with Crippen molar-refractivity contribution < 1.29 is 14.4 Å². The quantitative estimate of drug-likeness (QED) is 0.463. The summed E-state index contributed by atoms with van der Waals surface area (Å²) in [5.41, 5.74) is 4.86. The highest BCUT2D eigenvalue weighted by Crippen LogP contribution is 2.00. The lowest BCUT2D eigenvalue weighted by atomic mass is 10.0. The van der Waals surface area contributed by atoms with Crippen molar-refractivity contribution in [1.82, 2.24) is 16.0 Å². The van der Waals surface area contributed by atoms with E-state index in [9.17, 15) is 14.4 Å². The topological polar surface area (TPSA) is 113 Å². The Bertz CT molecular complexity index is 278. The van der Waals surface area contributed by atoms with Gasteiger partial charge in [-0.25, -0.2) is 4.79 Å². The Hall–Kier alpha value is -1.79. The maximum Gasteiger partial charge on any atom is 0.315 e. The summed E-state index contributed by atoms with van der Waals surface area (Å²) in [6, 6.07) is -1.24. The molecule has 7 nitrogen and oxygen atoms in total. The second kappa shape index (κ2) is 6.65. The zero-order valence-electron chi connectivity index (χ0n) is 9.66. The lowest BCUT2D eigenvalue weighted by Crippen LogP contribution is -2.52. The van der Waals surface area contributed by atoms with Crippen molar-refractivity contribution in [3.05, 3.63) is 0 Å². The van der Waals surface area contributed by atoms with Crippen molar-refractivity contribution >= 4 is 17.8 Å². The van der Waals surface area contributed by atoms with Gasteiger partial charge in [0.15, 0.2) is 0 Å². The van der Waals surface area contributed by atoms with E-state index in [1.807, 2.05) is 0 Å². The van der Waals surface area contributed by atoms with Crippen LogP contribution in [0.15, 0.2) is 0 Å². The Balaban J connectivity index is 4.24. The average Bonchev–Trinajstić information content (AvgIpc) is 2.21. The summed E-state index contributed by atoms with van der Waals surface area (Å²) < 4.78 is 0. The first kappa shape index (κ1) is 14.2. The molecule has 7 heteroatoms. The molecule has 0 fully saturated rings. The summed E-state index contributed by atoms with van der Waals surface area (Å²) in [4.78, 5) is 33.1. The molecule has 0 saturated carbocycles. The van der Waals surface area contributed by atoms with Gasteiger partial charge in [0.2, 0.25) is 11.8 Å². The van der Waals surface area contributed by atoms with Crippen LogP contribution in [-0.4, -0.2) is 37.5 Å². The number of hydrogen-bond donors (Lipinski definition) is 4. The van der Waals surface area contributed by atoms with Crippen molar-refractivity contribution in [1.29, 1.82) is 0 Å². The van der Waals surface area contributed by atoms with Crippen molar-refractivity contribution in [3.8, 4) is 0 Å². The van der Waals surface area contributed by atoms with Gasteiger partial charge in [-0.15, -0.1) is 0 Å². The molecular formula is C9H18N4O3. The summed E-state index contributed by atoms with van der Waals surface area (Å²) in [6.07, 6.45) is 0.